The predicted octanol–water partition coefficient (Wildman–Crippen LogP) is 3.69. The van der Waals surface area contributed by atoms with Gasteiger partial charge in [-0.1, -0.05) is 35.9 Å². The monoisotopic (exact) mass is 244 g/mol. The van der Waals surface area contributed by atoms with Crippen LogP contribution in [0, 0.1) is 6.92 Å². The first-order valence-electron chi connectivity index (χ1n) is 5.53. The Labute approximate surface area is 106 Å². The number of benzene rings is 1. The lowest BCUT2D eigenvalue weighted by Crippen LogP contribution is -2.07. The summed E-state index contributed by atoms with van der Waals surface area (Å²) in [7, 11) is 4.01. The summed E-state index contributed by atoms with van der Waals surface area (Å²) in [4.78, 5) is 6.52. The summed E-state index contributed by atoms with van der Waals surface area (Å²) in [6.07, 6.45) is 4.14. The minimum absolute atomic E-state index is 1.01. The quantitative estimate of drug-likeness (QED) is 0.818. The molecular formula is C14H16N2S. The van der Waals surface area contributed by atoms with E-state index < -0.39 is 0 Å². The van der Waals surface area contributed by atoms with Crippen molar-refractivity contribution in [2.45, 2.75) is 6.92 Å². The molecule has 0 saturated heterocycles. The maximum atomic E-state index is 4.50. The van der Waals surface area contributed by atoms with Crippen molar-refractivity contribution in [2.75, 3.05) is 19.0 Å². The largest absolute Gasteiger partial charge is 0.354 e. The molecule has 0 fully saturated rings. The topological polar surface area (TPSA) is 16.1 Å². The van der Waals surface area contributed by atoms with Gasteiger partial charge in [0.05, 0.1) is 5.69 Å². The molecule has 0 unspecified atom stereocenters. The van der Waals surface area contributed by atoms with Gasteiger partial charge in [0.1, 0.15) is 0 Å². The lowest BCUT2D eigenvalue weighted by Gasteiger charge is -2.04. The summed E-state index contributed by atoms with van der Waals surface area (Å²) < 4.78 is 0. The van der Waals surface area contributed by atoms with E-state index in [-0.39, 0.29) is 0 Å². The molecule has 0 bridgehead atoms. The molecule has 2 aromatic rings. The van der Waals surface area contributed by atoms with Crippen LogP contribution < -0.4 is 4.90 Å². The van der Waals surface area contributed by atoms with Crippen LogP contribution in [-0.4, -0.2) is 19.1 Å². The van der Waals surface area contributed by atoms with E-state index in [1.54, 1.807) is 11.3 Å². The maximum absolute atomic E-state index is 4.50. The Morgan fingerprint density at radius 1 is 1.12 bits per heavy atom. The van der Waals surface area contributed by atoms with Gasteiger partial charge in [0.15, 0.2) is 5.13 Å². The summed E-state index contributed by atoms with van der Waals surface area (Å²) in [5.74, 6) is 0. The Balaban J connectivity index is 2.11. The highest BCUT2D eigenvalue weighted by Gasteiger charge is 2.00. The van der Waals surface area contributed by atoms with E-state index in [4.69, 9.17) is 0 Å². The van der Waals surface area contributed by atoms with Gasteiger partial charge in [-0.2, -0.15) is 0 Å². The van der Waals surface area contributed by atoms with Crippen molar-refractivity contribution in [1.82, 2.24) is 4.98 Å². The third-order valence-corrected chi connectivity index (χ3v) is 3.44. The Morgan fingerprint density at radius 3 is 2.41 bits per heavy atom. The maximum Gasteiger partial charge on any atom is 0.185 e. The first-order chi connectivity index (χ1) is 8.15. The number of rotatable bonds is 3. The van der Waals surface area contributed by atoms with Crippen LogP contribution >= 0.6 is 11.3 Å². The van der Waals surface area contributed by atoms with E-state index in [1.165, 1.54) is 11.1 Å². The molecular weight excluding hydrogens is 228 g/mol. The fourth-order valence-electron chi connectivity index (χ4n) is 1.42. The van der Waals surface area contributed by atoms with Crippen molar-refractivity contribution in [1.29, 1.82) is 0 Å². The van der Waals surface area contributed by atoms with Crippen LogP contribution in [0.15, 0.2) is 29.6 Å². The molecule has 2 rings (SSSR count). The highest BCUT2D eigenvalue weighted by Crippen LogP contribution is 2.19. The zero-order chi connectivity index (χ0) is 12.3. The second kappa shape index (κ2) is 5.15. The molecule has 0 aliphatic carbocycles. The molecule has 0 aliphatic heterocycles. The predicted molar refractivity (Wildman–Crippen MR) is 76.5 cm³/mol. The Hall–Kier alpha value is -1.61. The summed E-state index contributed by atoms with van der Waals surface area (Å²) in [5, 5.41) is 3.11. The Bertz CT molecular complexity index is 509. The highest BCUT2D eigenvalue weighted by molar-refractivity contribution is 7.13. The van der Waals surface area contributed by atoms with E-state index in [1.807, 2.05) is 25.1 Å². The number of aromatic nitrogens is 1. The van der Waals surface area contributed by atoms with Gasteiger partial charge in [-0.15, -0.1) is 11.3 Å². The third kappa shape index (κ3) is 3.17. The normalized spacial score (nSPS) is 11.0. The molecule has 0 N–H and O–H groups in total. The molecule has 0 atom stereocenters. The van der Waals surface area contributed by atoms with Crippen LogP contribution in [0.1, 0.15) is 16.8 Å². The van der Waals surface area contributed by atoms with E-state index >= 15 is 0 Å². The standard InChI is InChI=1S/C14H16N2S/c1-11-4-6-12(7-5-11)8-9-13-10-17-14(15-13)16(2)3/h4-10H,1-3H3/b9-8+. The molecule has 0 saturated carbocycles. The first-order valence-corrected chi connectivity index (χ1v) is 6.41. The van der Waals surface area contributed by atoms with Gasteiger partial charge >= 0.3 is 0 Å². The van der Waals surface area contributed by atoms with Gasteiger partial charge in [-0.25, -0.2) is 4.98 Å². The molecule has 17 heavy (non-hydrogen) atoms. The lowest BCUT2D eigenvalue weighted by atomic mass is 10.1. The molecule has 0 amide bonds. The second-order valence-corrected chi connectivity index (χ2v) is 5.03. The minimum atomic E-state index is 1.01. The van der Waals surface area contributed by atoms with E-state index in [0.29, 0.717) is 0 Å². The fourth-order valence-corrected chi connectivity index (χ4v) is 2.14. The number of hydrogen-bond acceptors (Lipinski definition) is 3. The smallest absolute Gasteiger partial charge is 0.185 e. The molecule has 2 nitrogen and oxygen atoms in total. The zero-order valence-corrected chi connectivity index (χ0v) is 11.2. The summed E-state index contributed by atoms with van der Waals surface area (Å²) in [6, 6.07) is 8.47. The average Bonchev–Trinajstić information content (AvgIpc) is 2.77. The number of anilines is 1. The van der Waals surface area contributed by atoms with E-state index in [9.17, 15) is 0 Å². The molecule has 0 radical (unpaired) electrons. The van der Waals surface area contributed by atoms with Gasteiger partial charge in [0.25, 0.3) is 0 Å². The average molecular weight is 244 g/mol. The highest BCUT2D eigenvalue weighted by atomic mass is 32.1. The number of hydrogen-bond donors (Lipinski definition) is 0. The second-order valence-electron chi connectivity index (χ2n) is 4.19. The van der Waals surface area contributed by atoms with Crippen LogP contribution in [0.3, 0.4) is 0 Å². The number of aryl methyl sites for hydroxylation is 1. The molecule has 1 heterocycles. The van der Waals surface area contributed by atoms with Crippen molar-refractivity contribution in [3.8, 4) is 0 Å². The van der Waals surface area contributed by atoms with Gasteiger partial charge in [-0.3, -0.25) is 0 Å². The number of thiazole rings is 1. The van der Waals surface area contributed by atoms with E-state index in [2.05, 4.69) is 47.6 Å². The van der Waals surface area contributed by atoms with Gasteiger partial charge in [0, 0.05) is 19.5 Å². The van der Waals surface area contributed by atoms with Gasteiger partial charge in [-0.05, 0) is 18.6 Å². The van der Waals surface area contributed by atoms with Gasteiger partial charge < -0.3 is 4.90 Å². The van der Waals surface area contributed by atoms with Crippen molar-refractivity contribution < 1.29 is 0 Å². The molecule has 0 spiro atoms. The van der Waals surface area contributed by atoms with Crippen molar-refractivity contribution in [3.63, 3.8) is 0 Å². The fraction of sp³-hybridized carbons (Fsp3) is 0.214. The first kappa shape index (κ1) is 11.9. The molecule has 3 heteroatoms. The van der Waals surface area contributed by atoms with Crippen LogP contribution in [0.25, 0.3) is 12.2 Å². The summed E-state index contributed by atoms with van der Waals surface area (Å²) in [5.41, 5.74) is 3.50. The number of nitrogens with zero attached hydrogens (tertiary/aromatic N) is 2. The molecule has 88 valence electrons. The van der Waals surface area contributed by atoms with Crippen LogP contribution in [0.4, 0.5) is 5.13 Å². The lowest BCUT2D eigenvalue weighted by molar-refractivity contribution is 1.10. The Morgan fingerprint density at radius 2 is 1.82 bits per heavy atom. The summed E-state index contributed by atoms with van der Waals surface area (Å²) in [6.45, 7) is 2.09. The van der Waals surface area contributed by atoms with E-state index in [0.717, 1.165) is 10.8 Å². The summed E-state index contributed by atoms with van der Waals surface area (Å²) >= 11 is 1.66. The Kier molecular flexibility index (Phi) is 3.59. The van der Waals surface area contributed by atoms with Crippen LogP contribution in [-0.2, 0) is 0 Å². The molecule has 1 aromatic carbocycles. The van der Waals surface area contributed by atoms with Crippen molar-refractivity contribution in [2.24, 2.45) is 0 Å². The van der Waals surface area contributed by atoms with Crippen molar-refractivity contribution >= 4 is 28.6 Å². The van der Waals surface area contributed by atoms with Crippen LogP contribution in [0.5, 0.6) is 0 Å². The SMILES string of the molecule is Cc1ccc(/C=C/c2csc(N(C)C)n2)cc1. The molecule has 1 aromatic heterocycles. The third-order valence-electron chi connectivity index (χ3n) is 2.42. The zero-order valence-electron chi connectivity index (χ0n) is 10.3. The van der Waals surface area contributed by atoms with Crippen LogP contribution in [0.2, 0.25) is 0 Å². The minimum Gasteiger partial charge on any atom is -0.354 e. The van der Waals surface area contributed by atoms with Gasteiger partial charge in [0.2, 0.25) is 0 Å². The molecule has 0 aliphatic rings. The van der Waals surface area contributed by atoms with Crippen molar-refractivity contribution in [3.05, 3.63) is 46.5 Å².